The van der Waals surface area contributed by atoms with Crippen LogP contribution in [0.25, 0.3) is 0 Å². The number of hydrogen-bond acceptors (Lipinski definition) is 4. The minimum Gasteiger partial charge on any atom is -0.481 e. The summed E-state index contributed by atoms with van der Waals surface area (Å²) in [6, 6.07) is 5.74. The summed E-state index contributed by atoms with van der Waals surface area (Å²) in [5.74, 6) is 0.432. The first-order chi connectivity index (χ1) is 9.08. The van der Waals surface area contributed by atoms with Crippen molar-refractivity contribution in [1.82, 2.24) is 4.90 Å². The van der Waals surface area contributed by atoms with Crippen molar-refractivity contribution in [2.45, 2.75) is 25.9 Å². The van der Waals surface area contributed by atoms with Gasteiger partial charge in [-0.15, -0.1) is 0 Å². The van der Waals surface area contributed by atoms with E-state index in [1.165, 1.54) is 24.3 Å². The molecule has 6 heteroatoms. The molecule has 0 bridgehead atoms. The lowest BCUT2D eigenvalue weighted by Crippen LogP contribution is -2.38. The van der Waals surface area contributed by atoms with E-state index in [0.717, 1.165) is 25.9 Å². The number of nitrogens with zero attached hydrogens (tertiary/aromatic N) is 2. The number of rotatable bonds is 4. The molecule has 0 spiro atoms. The molecule has 1 atom stereocenters. The number of carbonyl (C=O) groups excluding carboxylic acids is 1. The Hall–Kier alpha value is -2.11. The van der Waals surface area contributed by atoms with Crippen molar-refractivity contribution < 1.29 is 14.5 Å². The highest BCUT2D eigenvalue weighted by atomic mass is 16.6. The molecule has 0 radical (unpaired) electrons. The minimum atomic E-state index is -0.570. The van der Waals surface area contributed by atoms with Gasteiger partial charge in [-0.1, -0.05) is 0 Å². The molecule has 0 saturated carbocycles. The lowest BCUT2D eigenvalue weighted by Gasteiger charge is -2.21. The summed E-state index contributed by atoms with van der Waals surface area (Å²) in [6.07, 6.45) is 1.51. The van der Waals surface area contributed by atoms with E-state index < -0.39 is 11.0 Å². The third kappa shape index (κ3) is 3.21. The van der Waals surface area contributed by atoms with E-state index in [1.54, 1.807) is 11.8 Å². The van der Waals surface area contributed by atoms with Gasteiger partial charge in [-0.25, -0.2) is 0 Å². The zero-order valence-electron chi connectivity index (χ0n) is 10.7. The van der Waals surface area contributed by atoms with Gasteiger partial charge in [0.05, 0.1) is 4.92 Å². The van der Waals surface area contributed by atoms with Crippen molar-refractivity contribution >= 4 is 11.6 Å². The van der Waals surface area contributed by atoms with Gasteiger partial charge in [-0.05, 0) is 31.9 Å². The maximum atomic E-state index is 12.0. The van der Waals surface area contributed by atoms with Gasteiger partial charge in [0.25, 0.3) is 11.6 Å². The molecule has 1 heterocycles. The molecule has 0 N–H and O–H groups in total. The highest BCUT2D eigenvalue weighted by molar-refractivity contribution is 5.81. The van der Waals surface area contributed by atoms with Gasteiger partial charge < -0.3 is 9.64 Å². The molecule has 1 aliphatic heterocycles. The first-order valence-electron chi connectivity index (χ1n) is 6.28. The molecule has 1 fully saturated rings. The molecule has 0 unspecified atom stereocenters. The Labute approximate surface area is 111 Å². The Kier molecular flexibility index (Phi) is 3.99. The van der Waals surface area contributed by atoms with Crippen LogP contribution in [0, 0.1) is 10.1 Å². The van der Waals surface area contributed by atoms with Crippen molar-refractivity contribution in [3.63, 3.8) is 0 Å². The largest absolute Gasteiger partial charge is 0.481 e. The van der Waals surface area contributed by atoms with Crippen LogP contribution in [0.5, 0.6) is 5.75 Å². The first kappa shape index (κ1) is 13.3. The Balaban J connectivity index is 1.96. The second-order valence-corrected chi connectivity index (χ2v) is 4.54. The first-order valence-corrected chi connectivity index (χ1v) is 6.28. The average molecular weight is 264 g/mol. The van der Waals surface area contributed by atoms with Gasteiger partial charge in [-0.3, -0.25) is 14.9 Å². The van der Waals surface area contributed by atoms with Crippen LogP contribution in [-0.4, -0.2) is 34.9 Å². The van der Waals surface area contributed by atoms with E-state index in [0.29, 0.717) is 5.75 Å². The summed E-state index contributed by atoms with van der Waals surface area (Å²) < 4.78 is 5.51. The molecular weight excluding hydrogens is 248 g/mol. The molecule has 6 nitrogen and oxygen atoms in total. The Morgan fingerprint density at radius 1 is 1.32 bits per heavy atom. The molecule has 1 saturated heterocycles. The fraction of sp³-hybridized carbons (Fsp3) is 0.462. The molecule has 102 valence electrons. The van der Waals surface area contributed by atoms with Crippen LogP contribution in [0.1, 0.15) is 19.8 Å². The quantitative estimate of drug-likeness (QED) is 0.615. The SMILES string of the molecule is C[C@@H](Oc1ccc([N+](=O)[O-])cc1)C(=O)N1CCCC1. The van der Waals surface area contributed by atoms with Crippen LogP contribution in [0.2, 0.25) is 0 Å². The minimum absolute atomic E-state index is 0.00544. The highest BCUT2D eigenvalue weighted by Gasteiger charge is 2.24. The number of likely N-dealkylation sites (tertiary alicyclic amines) is 1. The van der Waals surface area contributed by atoms with Gasteiger partial charge in [0.15, 0.2) is 6.10 Å². The molecule has 1 aromatic carbocycles. The normalized spacial score (nSPS) is 16.2. The zero-order valence-corrected chi connectivity index (χ0v) is 10.7. The second kappa shape index (κ2) is 5.69. The molecule has 1 aliphatic rings. The van der Waals surface area contributed by atoms with Gasteiger partial charge in [0.1, 0.15) is 5.75 Å². The predicted molar refractivity (Wildman–Crippen MR) is 69.0 cm³/mol. The summed E-state index contributed by atoms with van der Waals surface area (Å²) in [4.78, 5) is 23.9. The number of ether oxygens (including phenoxy) is 1. The van der Waals surface area contributed by atoms with Crippen molar-refractivity contribution in [1.29, 1.82) is 0 Å². The maximum Gasteiger partial charge on any atom is 0.269 e. The Morgan fingerprint density at radius 2 is 1.89 bits per heavy atom. The predicted octanol–water partition coefficient (Wildman–Crippen LogP) is 1.98. The maximum absolute atomic E-state index is 12.0. The zero-order chi connectivity index (χ0) is 13.8. The Morgan fingerprint density at radius 3 is 2.42 bits per heavy atom. The molecule has 0 aromatic heterocycles. The van der Waals surface area contributed by atoms with E-state index >= 15 is 0 Å². The van der Waals surface area contributed by atoms with Crippen LogP contribution >= 0.6 is 0 Å². The summed E-state index contributed by atoms with van der Waals surface area (Å²) in [5.41, 5.74) is 0.00544. The van der Waals surface area contributed by atoms with E-state index in [9.17, 15) is 14.9 Å². The van der Waals surface area contributed by atoms with Crippen LogP contribution in [0.4, 0.5) is 5.69 Å². The van der Waals surface area contributed by atoms with Gasteiger partial charge in [0.2, 0.25) is 0 Å². The molecule has 1 amide bonds. The third-order valence-corrected chi connectivity index (χ3v) is 3.13. The summed E-state index contributed by atoms with van der Waals surface area (Å²) in [6.45, 7) is 3.27. The van der Waals surface area contributed by atoms with E-state index in [-0.39, 0.29) is 11.6 Å². The molecule has 19 heavy (non-hydrogen) atoms. The van der Waals surface area contributed by atoms with Gasteiger partial charge in [-0.2, -0.15) is 0 Å². The third-order valence-electron chi connectivity index (χ3n) is 3.13. The lowest BCUT2D eigenvalue weighted by molar-refractivity contribution is -0.384. The standard InChI is InChI=1S/C13H16N2O4/c1-10(13(16)14-8-2-3-9-14)19-12-6-4-11(5-7-12)15(17)18/h4-7,10H,2-3,8-9H2,1H3/t10-/m1/s1. The number of non-ortho nitro benzene ring substituents is 1. The average Bonchev–Trinajstić information content (AvgIpc) is 2.92. The molecule has 1 aromatic rings. The number of nitro benzene ring substituents is 1. The molecular formula is C13H16N2O4. The summed E-state index contributed by atoms with van der Waals surface area (Å²) in [5, 5.41) is 10.5. The second-order valence-electron chi connectivity index (χ2n) is 4.54. The number of nitro groups is 1. The van der Waals surface area contributed by atoms with Crippen LogP contribution < -0.4 is 4.74 Å². The number of amides is 1. The monoisotopic (exact) mass is 264 g/mol. The Bertz CT molecular complexity index is 466. The van der Waals surface area contributed by atoms with Crippen molar-refractivity contribution in [3.8, 4) is 5.75 Å². The van der Waals surface area contributed by atoms with Gasteiger partial charge in [0, 0.05) is 25.2 Å². The van der Waals surface area contributed by atoms with Crippen LogP contribution in [0.3, 0.4) is 0 Å². The van der Waals surface area contributed by atoms with Crippen molar-refractivity contribution in [2.75, 3.05) is 13.1 Å². The smallest absolute Gasteiger partial charge is 0.269 e. The fourth-order valence-corrected chi connectivity index (χ4v) is 2.10. The molecule has 0 aliphatic carbocycles. The summed E-state index contributed by atoms with van der Waals surface area (Å²) >= 11 is 0. The number of benzene rings is 1. The van der Waals surface area contributed by atoms with E-state index in [1.807, 2.05) is 0 Å². The van der Waals surface area contributed by atoms with Gasteiger partial charge >= 0.3 is 0 Å². The van der Waals surface area contributed by atoms with E-state index in [4.69, 9.17) is 4.74 Å². The van der Waals surface area contributed by atoms with Crippen LogP contribution in [0.15, 0.2) is 24.3 Å². The molecule has 2 rings (SSSR count). The van der Waals surface area contributed by atoms with Crippen LogP contribution in [-0.2, 0) is 4.79 Å². The van der Waals surface area contributed by atoms with Crippen molar-refractivity contribution in [3.05, 3.63) is 34.4 Å². The lowest BCUT2D eigenvalue weighted by atomic mass is 10.3. The van der Waals surface area contributed by atoms with E-state index in [2.05, 4.69) is 0 Å². The highest BCUT2D eigenvalue weighted by Crippen LogP contribution is 2.19. The van der Waals surface area contributed by atoms with Crippen molar-refractivity contribution in [2.24, 2.45) is 0 Å². The number of carbonyl (C=O) groups is 1. The fourth-order valence-electron chi connectivity index (χ4n) is 2.10. The topological polar surface area (TPSA) is 72.7 Å². The summed E-state index contributed by atoms with van der Waals surface area (Å²) in [7, 11) is 0. The number of hydrogen-bond donors (Lipinski definition) is 0.